The number of aliphatic imine (C=N–C) groups is 1. The number of carbonyl (C=O) groups excluding carboxylic acids is 6. The third kappa shape index (κ3) is 14.0. The third-order valence-electron chi connectivity index (χ3n) is 9.67. The van der Waals surface area contributed by atoms with E-state index in [4.69, 9.17) is 11.5 Å². The van der Waals surface area contributed by atoms with Crippen LogP contribution in [0.15, 0.2) is 35.5 Å². The fourth-order valence-corrected chi connectivity index (χ4v) is 6.92. The Kier molecular flexibility index (Phi) is 17.9. The van der Waals surface area contributed by atoms with Crippen LogP contribution in [0.1, 0.15) is 78.7 Å². The number of carboxylic acids is 1. The summed E-state index contributed by atoms with van der Waals surface area (Å²) in [5, 5.41) is 33.6. The predicted octanol–water partition coefficient (Wildman–Crippen LogP) is -0.632. The first-order valence-corrected chi connectivity index (χ1v) is 19.6. The van der Waals surface area contributed by atoms with E-state index in [1.807, 2.05) is 52.0 Å². The van der Waals surface area contributed by atoms with Crippen molar-refractivity contribution in [2.75, 3.05) is 19.7 Å². The van der Waals surface area contributed by atoms with Crippen molar-refractivity contribution in [2.24, 2.45) is 28.3 Å². The molecule has 0 aliphatic carbocycles. The zero-order valence-electron chi connectivity index (χ0n) is 33.9. The van der Waals surface area contributed by atoms with E-state index in [1.54, 1.807) is 6.20 Å². The standard InChI is InChI=1S/C39H60N10O9/c1-21(2)16-28(34(53)48-30(38(57)58)18-24-19-43-26-11-7-6-10-25(24)26)46-36(55)32-13-9-15-49(32)37(56)29(17-22(3)4)47-33(52)27(12-8-14-42-39(40)41)45-35(54)31(20-50)44-23(5)51/h6-7,10-11,19,21-22,27-32,43,50H,8-9,12-18,20H2,1-5H3,(H,44,51)(H,45,54)(H,46,55)(H,47,52)(H,48,53)(H,57,58)(H4,40,41,42)/t27-,28-,29-,30-,31-,32-/m0/s1. The highest BCUT2D eigenvalue weighted by atomic mass is 16.4. The minimum absolute atomic E-state index is 0.000574. The molecular formula is C39H60N10O9. The molecule has 2 aromatic rings. The van der Waals surface area contributed by atoms with Crippen molar-refractivity contribution in [3.05, 3.63) is 36.0 Å². The quantitative estimate of drug-likeness (QED) is 0.0406. The number of aliphatic carboxylic acids is 1. The van der Waals surface area contributed by atoms with Gasteiger partial charge in [-0.2, -0.15) is 0 Å². The fourth-order valence-electron chi connectivity index (χ4n) is 6.92. The van der Waals surface area contributed by atoms with E-state index >= 15 is 0 Å². The average Bonchev–Trinajstić information content (AvgIpc) is 3.81. The molecule has 19 heteroatoms. The summed E-state index contributed by atoms with van der Waals surface area (Å²) in [7, 11) is 0. The summed E-state index contributed by atoms with van der Waals surface area (Å²) in [6.45, 7) is 8.19. The Hall–Kier alpha value is -5.72. The zero-order chi connectivity index (χ0) is 43.1. The molecule has 0 radical (unpaired) electrons. The maximum Gasteiger partial charge on any atom is 0.326 e. The summed E-state index contributed by atoms with van der Waals surface area (Å²) < 4.78 is 0. The number of nitrogens with two attached hydrogens (primary N) is 2. The Labute approximate surface area is 337 Å². The number of likely N-dealkylation sites (tertiary alicyclic amines) is 1. The van der Waals surface area contributed by atoms with Crippen molar-refractivity contribution in [1.82, 2.24) is 36.5 Å². The highest BCUT2D eigenvalue weighted by Crippen LogP contribution is 2.22. The maximum absolute atomic E-state index is 14.2. The molecule has 12 N–H and O–H groups in total. The molecule has 0 unspecified atom stereocenters. The van der Waals surface area contributed by atoms with Gasteiger partial charge in [0, 0.05) is 43.5 Å². The summed E-state index contributed by atoms with van der Waals surface area (Å²) in [5.74, 6) is -5.49. The molecular weight excluding hydrogens is 752 g/mol. The Morgan fingerprint density at radius 2 is 1.45 bits per heavy atom. The number of nitrogens with one attached hydrogen (secondary N) is 6. The van der Waals surface area contributed by atoms with E-state index in [-0.39, 0.29) is 69.4 Å². The van der Waals surface area contributed by atoms with Crippen LogP contribution in [0.4, 0.5) is 0 Å². The van der Waals surface area contributed by atoms with Gasteiger partial charge in [0.1, 0.15) is 36.3 Å². The first-order chi connectivity index (χ1) is 27.4. The number of aliphatic hydroxyl groups is 1. The summed E-state index contributed by atoms with van der Waals surface area (Å²) in [5.41, 5.74) is 12.4. The lowest BCUT2D eigenvalue weighted by molar-refractivity contribution is -0.144. The highest BCUT2D eigenvalue weighted by Gasteiger charge is 2.40. The number of nitrogens with zero attached hydrogens (tertiary/aromatic N) is 2. The number of aromatic amines is 1. The van der Waals surface area contributed by atoms with E-state index in [0.717, 1.165) is 10.9 Å². The van der Waals surface area contributed by atoms with E-state index in [2.05, 4.69) is 36.6 Å². The van der Waals surface area contributed by atoms with Gasteiger partial charge in [-0.15, -0.1) is 0 Å². The SMILES string of the molecule is CC(=O)N[C@@H](CO)C(=O)N[C@@H](CCCN=C(N)N)C(=O)N[C@@H](CC(C)C)C(=O)N1CCC[C@H]1C(=O)N[C@@H](CC(C)C)C(=O)N[C@@H](Cc1c[nH]c2ccccc12)C(=O)O. The summed E-state index contributed by atoms with van der Waals surface area (Å²) in [6.07, 6.45) is 3.11. The number of aliphatic hydroxyl groups excluding tert-OH is 1. The number of benzene rings is 1. The summed E-state index contributed by atoms with van der Waals surface area (Å²) in [6, 6.07) is 0.352. The van der Waals surface area contributed by atoms with E-state index in [1.165, 1.54) is 11.8 Å². The third-order valence-corrected chi connectivity index (χ3v) is 9.67. The highest BCUT2D eigenvalue weighted by molar-refractivity contribution is 5.97. The van der Waals surface area contributed by atoms with Crippen LogP contribution in [0.5, 0.6) is 0 Å². The van der Waals surface area contributed by atoms with Gasteiger partial charge in [0.15, 0.2) is 5.96 Å². The molecule has 1 aliphatic rings. The van der Waals surface area contributed by atoms with Crippen LogP contribution in [0.25, 0.3) is 10.9 Å². The van der Waals surface area contributed by atoms with Gasteiger partial charge in [-0.05, 0) is 62.0 Å². The first-order valence-electron chi connectivity index (χ1n) is 19.6. The van der Waals surface area contributed by atoms with Crippen LogP contribution in [0.2, 0.25) is 0 Å². The Morgan fingerprint density at radius 3 is 2.07 bits per heavy atom. The van der Waals surface area contributed by atoms with Crippen LogP contribution in [-0.4, -0.2) is 123 Å². The number of carbonyl (C=O) groups is 7. The molecule has 1 aromatic heterocycles. The lowest BCUT2D eigenvalue weighted by Gasteiger charge is -2.31. The number of hydrogen-bond donors (Lipinski definition) is 10. The Balaban J connectivity index is 1.78. The molecule has 0 spiro atoms. The first kappa shape index (κ1) is 46.7. The van der Waals surface area contributed by atoms with Gasteiger partial charge in [0.2, 0.25) is 35.4 Å². The number of rotatable bonds is 22. The molecule has 1 fully saturated rings. The molecule has 6 atom stereocenters. The number of aromatic nitrogens is 1. The number of hydrogen-bond acceptors (Lipinski definition) is 9. The molecule has 1 saturated heterocycles. The topological polar surface area (TPSA) is 304 Å². The lowest BCUT2D eigenvalue weighted by atomic mass is 10.00. The molecule has 2 heterocycles. The van der Waals surface area contributed by atoms with E-state index < -0.39 is 84.3 Å². The second kappa shape index (κ2) is 22.3. The predicted molar refractivity (Wildman–Crippen MR) is 216 cm³/mol. The zero-order valence-corrected chi connectivity index (χ0v) is 33.9. The van der Waals surface area contributed by atoms with Gasteiger partial charge in [-0.3, -0.25) is 33.8 Å². The van der Waals surface area contributed by atoms with Crippen molar-refractivity contribution in [3.8, 4) is 0 Å². The number of fused-ring (bicyclic) bond motifs is 1. The number of guanidine groups is 1. The van der Waals surface area contributed by atoms with Gasteiger partial charge in [-0.1, -0.05) is 45.9 Å². The van der Waals surface area contributed by atoms with Gasteiger partial charge in [-0.25, -0.2) is 4.79 Å². The Bertz CT molecular complexity index is 1790. The van der Waals surface area contributed by atoms with E-state index in [9.17, 15) is 43.8 Å². The molecule has 3 rings (SSSR count). The molecule has 6 amide bonds. The van der Waals surface area contributed by atoms with Crippen LogP contribution in [0, 0.1) is 11.8 Å². The molecule has 58 heavy (non-hydrogen) atoms. The molecule has 1 aromatic carbocycles. The van der Waals surface area contributed by atoms with Crippen LogP contribution in [0.3, 0.4) is 0 Å². The van der Waals surface area contributed by atoms with Gasteiger partial charge in [0.05, 0.1) is 6.61 Å². The molecule has 19 nitrogen and oxygen atoms in total. The molecule has 320 valence electrons. The van der Waals surface area contributed by atoms with Crippen molar-refractivity contribution in [3.63, 3.8) is 0 Å². The summed E-state index contributed by atoms with van der Waals surface area (Å²) >= 11 is 0. The smallest absolute Gasteiger partial charge is 0.326 e. The largest absolute Gasteiger partial charge is 0.480 e. The second-order valence-electron chi connectivity index (χ2n) is 15.5. The minimum atomic E-state index is -1.33. The van der Waals surface area contributed by atoms with Gasteiger partial charge >= 0.3 is 5.97 Å². The molecule has 0 saturated carbocycles. The Morgan fingerprint density at radius 1 is 0.845 bits per heavy atom. The maximum atomic E-state index is 14.2. The van der Waals surface area contributed by atoms with Crippen molar-refractivity contribution in [2.45, 2.75) is 116 Å². The van der Waals surface area contributed by atoms with E-state index in [0.29, 0.717) is 12.0 Å². The summed E-state index contributed by atoms with van der Waals surface area (Å²) in [4.78, 5) is 101. The number of amides is 6. The van der Waals surface area contributed by atoms with Crippen molar-refractivity contribution in [1.29, 1.82) is 0 Å². The van der Waals surface area contributed by atoms with Crippen LogP contribution < -0.4 is 38.1 Å². The van der Waals surface area contributed by atoms with Crippen molar-refractivity contribution >= 4 is 58.3 Å². The van der Waals surface area contributed by atoms with Gasteiger partial charge < -0.3 is 58.1 Å². The van der Waals surface area contributed by atoms with Crippen molar-refractivity contribution < 1.29 is 43.8 Å². The minimum Gasteiger partial charge on any atom is -0.480 e. The normalized spacial score (nSPS) is 16.5. The number of para-hydroxylation sites is 1. The van der Waals surface area contributed by atoms with Crippen LogP contribution in [-0.2, 0) is 40.0 Å². The molecule has 0 bridgehead atoms. The number of carboxylic acid groups (broad SMARTS) is 1. The second-order valence-corrected chi connectivity index (χ2v) is 15.5. The fraction of sp³-hybridized carbons (Fsp3) is 0.590. The van der Waals surface area contributed by atoms with Crippen LogP contribution >= 0.6 is 0 Å². The lowest BCUT2D eigenvalue weighted by Crippen LogP contribution is -2.59. The average molecular weight is 813 g/mol. The monoisotopic (exact) mass is 812 g/mol. The van der Waals surface area contributed by atoms with Gasteiger partial charge in [0.25, 0.3) is 0 Å². The number of H-pyrrole nitrogens is 1. The molecule has 1 aliphatic heterocycles.